The Morgan fingerprint density at radius 3 is 2.81 bits per heavy atom. The Labute approximate surface area is 180 Å². The number of carbonyl (C=O) groups excluding carboxylic acids is 1. The van der Waals surface area contributed by atoms with E-state index in [9.17, 15) is 9.18 Å². The maximum absolute atomic E-state index is 14.0. The van der Waals surface area contributed by atoms with Crippen molar-refractivity contribution in [1.82, 2.24) is 25.3 Å². The summed E-state index contributed by atoms with van der Waals surface area (Å²) in [6.45, 7) is 4.30. The lowest BCUT2D eigenvalue weighted by molar-refractivity contribution is -0.121. The second-order valence-electron chi connectivity index (χ2n) is 8.50. The zero-order chi connectivity index (χ0) is 22.0. The molecule has 1 aliphatic rings. The van der Waals surface area contributed by atoms with Gasteiger partial charge in [0.15, 0.2) is 17.4 Å². The van der Waals surface area contributed by atoms with Crippen LogP contribution in [0.15, 0.2) is 43.0 Å². The number of hydrogen-bond acceptors (Lipinski definition) is 6. The van der Waals surface area contributed by atoms with Crippen LogP contribution >= 0.6 is 0 Å². The number of halogens is 1. The van der Waals surface area contributed by atoms with E-state index in [1.807, 2.05) is 0 Å². The van der Waals surface area contributed by atoms with Crippen LogP contribution in [0.5, 0.6) is 5.75 Å². The topological polar surface area (TPSA) is 89.9 Å². The highest BCUT2D eigenvalue weighted by molar-refractivity contribution is 5.79. The number of nitrogens with zero attached hydrogens (tertiary/aromatic N) is 4. The van der Waals surface area contributed by atoms with Crippen molar-refractivity contribution < 1.29 is 13.9 Å². The van der Waals surface area contributed by atoms with Crippen molar-refractivity contribution in [2.75, 3.05) is 7.11 Å². The highest BCUT2D eigenvalue weighted by Gasteiger charge is 2.34. The van der Waals surface area contributed by atoms with E-state index in [-0.39, 0.29) is 29.5 Å². The molecule has 0 bridgehead atoms. The lowest BCUT2D eigenvalue weighted by atomic mass is 9.74. The van der Waals surface area contributed by atoms with Crippen LogP contribution in [0.2, 0.25) is 0 Å². The Balaban J connectivity index is 1.55. The number of carbonyl (C=O) groups is 1. The van der Waals surface area contributed by atoms with Gasteiger partial charge in [-0.15, -0.1) is 0 Å². The molecular formula is C23H24FN5O2. The Hall–Kier alpha value is -3.42. The number of hydrogen-bond donors (Lipinski definition) is 1. The summed E-state index contributed by atoms with van der Waals surface area (Å²) >= 11 is 0. The average Bonchev–Trinajstić information content (AvgIpc) is 2.73. The minimum atomic E-state index is -0.484. The first-order chi connectivity index (χ1) is 14.8. The minimum absolute atomic E-state index is 0.0504. The summed E-state index contributed by atoms with van der Waals surface area (Å²) in [4.78, 5) is 30.3. The van der Waals surface area contributed by atoms with Crippen LogP contribution < -0.4 is 10.1 Å². The van der Waals surface area contributed by atoms with Crippen LogP contribution in [-0.2, 0) is 17.6 Å². The normalized spacial score (nSPS) is 17.0. The van der Waals surface area contributed by atoms with Gasteiger partial charge in [0.1, 0.15) is 5.69 Å². The lowest BCUT2D eigenvalue weighted by Crippen LogP contribution is -2.37. The SMILES string of the molecule is COc1ccc(CC(=O)N[C@@H]2CC(C)(C)Cc3nc(-c4cnccn4)ncc32)cc1F. The van der Waals surface area contributed by atoms with E-state index >= 15 is 0 Å². The van der Waals surface area contributed by atoms with E-state index in [0.29, 0.717) is 17.1 Å². The molecule has 2 aromatic heterocycles. The molecule has 0 radical (unpaired) electrons. The fourth-order valence-electron chi connectivity index (χ4n) is 3.96. The standard InChI is InChI=1S/C23H24FN5O2/c1-23(2)10-17(28-21(30)9-14-4-5-20(31-3)16(24)8-14)15-12-27-22(29-18(15)11-23)19-13-25-6-7-26-19/h4-8,12-13,17H,9-11H2,1-3H3,(H,28,30)/t17-/m1/s1. The highest BCUT2D eigenvalue weighted by Crippen LogP contribution is 2.40. The number of fused-ring (bicyclic) bond motifs is 1. The number of nitrogens with one attached hydrogen (secondary N) is 1. The second kappa shape index (κ2) is 8.37. The van der Waals surface area contributed by atoms with Gasteiger partial charge in [-0.1, -0.05) is 19.9 Å². The Morgan fingerprint density at radius 2 is 2.10 bits per heavy atom. The van der Waals surface area contributed by atoms with Gasteiger partial charge in [-0.2, -0.15) is 0 Å². The molecule has 0 aliphatic heterocycles. The predicted molar refractivity (Wildman–Crippen MR) is 113 cm³/mol. The second-order valence-corrected chi connectivity index (χ2v) is 8.50. The van der Waals surface area contributed by atoms with Gasteiger partial charge in [-0.3, -0.25) is 9.78 Å². The van der Waals surface area contributed by atoms with Gasteiger partial charge in [0.05, 0.1) is 31.5 Å². The summed E-state index contributed by atoms with van der Waals surface area (Å²) < 4.78 is 18.9. The number of ether oxygens (including phenoxy) is 1. The van der Waals surface area contributed by atoms with E-state index in [2.05, 4.69) is 34.1 Å². The predicted octanol–water partition coefficient (Wildman–Crippen LogP) is 3.45. The van der Waals surface area contributed by atoms with Crippen molar-refractivity contribution in [3.8, 4) is 17.3 Å². The fourth-order valence-corrected chi connectivity index (χ4v) is 3.96. The van der Waals surface area contributed by atoms with Crippen LogP contribution in [0.25, 0.3) is 11.5 Å². The molecule has 4 rings (SSSR count). The smallest absolute Gasteiger partial charge is 0.224 e. The van der Waals surface area contributed by atoms with Gasteiger partial charge in [0.2, 0.25) is 5.91 Å². The maximum Gasteiger partial charge on any atom is 0.224 e. The first-order valence-electron chi connectivity index (χ1n) is 10.1. The van der Waals surface area contributed by atoms with Crippen molar-refractivity contribution in [3.63, 3.8) is 0 Å². The van der Waals surface area contributed by atoms with E-state index in [1.54, 1.807) is 30.9 Å². The Kier molecular flexibility index (Phi) is 5.63. The molecule has 31 heavy (non-hydrogen) atoms. The molecule has 0 spiro atoms. The van der Waals surface area contributed by atoms with E-state index < -0.39 is 5.82 Å². The zero-order valence-corrected chi connectivity index (χ0v) is 17.7. The van der Waals surface area contributed by atoms with Crippen LogP contribution in [-0.4, -0.2) is 33.0 Å². The first kappa shape index (κ1) is 20.8. The zero-order valence-electron chi connectivity index (χ0n) is 17.7. The quantitative estimate of drug-likeness (QED) is 0.679. The Morgan fingerprint density at radius 1 is 1.26 bits per heavy atom. The van der Waals surface area contributed by atoms with E-state index in [0.717, 1.165) is 24.1 Å². The van der Waals surface area contributed by atoms with Gasteiger partial charge in [-0.25, -0.2) is 19.3 Å². The summed E-state index contributed by atoms with van der Waals surface area (Å²) in [5, 5.41) is 3.09. The number of methoxy groups -OCH3 is 1. The molecule has 2 heterocycles. The van der Waals surface area contributed by atoms with Gasteiger partial charge < -0.3 is 10.1 Å². The third kappa shape index (κ3) is 4.68. The minimum Gasteiger partial charge on any atom is -0.494 e. The van der Waals surface area contributed by atoms with E-state index in [1.165, 1.54) is 19.2 Å². The number of benzene rings is 1. The summed E-state index contributed by atoms with van der Waals surface area (Å²) in [6.07, 6.45) is 8.21. The molecule has 1 aromatic carbocycles. The molecule has 0 saturated heterocycles. The average molecular weight is 421 g/mol. The third-order valence-electron chi connectivity index (χ3n) is 5.39. The van der Waals surface area contributed by atoms with Crippen molar-refractivity contribution in [2.24, 2.45) is 5.41 Å². The third-order valence-corrected chi connectivity index (χ3v) is 5.39. The lowest BCUT2D eigenvalue weighted by Gasteiger charge is -2.36. The molecule has 7 nitrogen and oxygen atoms in total. The summed E-state index contributed by atoms with van der Waals surface area (Å²) in [6, 6.07) is 4.33. The van der Waals surface area contributed by atoms with Gasteiger partial charge in [0, 0.05) is 24.2 Å². The fraction of sp³-hybridized carbons (Fsp3) is 0.348. The maximum atomic E-state index is 14.0. The van der Waals surface area contributed by atoms with E-state index in [4.69, 9.17) is 9.72 Å². The highest BCUT2D eigenvalue weighted by atomic mass is 19.1. The molecule has 1 N–H and O–H groups in total. The molecule has 8 heteroatoms. The number of amides is 1. The van der Waals surface area contributed by atoms with Crippen LogP contribution in [0.4, 0.5) is 4.39 Å². The van der Waals surface area contributed by atoms with Crippen LogP contribution in [0.3, 0.4) is 0 Å². The first-order valence-corrected chi connectivity index (χ1v) is 10.1. The molecular weight excluding hydrogens is 397 g/mol. The van der Waals surface area contributed by atoms with Gasteiger partial charge in [0.25, 0.3) is 0 Å². The molecule has 160 valence electrons. The molecule has 0 unspecified atom stereocenters. The van der Waals surface area contributed by atoms with Crippen molar-refractivity contribution >= 4 is 5.91 Å². The van der Waals surface area contributed by atoms with Gasteiger partial charge in [-0.05, 0) is 36.0 Å². The van der Waals surface area contributed by atoms with Crippen LogP contribution in [0, 0.1) is 11.2 Å². The monoisotopic (exact) mass is 421 g/mol. The van der Waals surface area contributed by atoms with Crippen molar-refractivity contribution in [3.05, 3.63) is 65.6 Å². The Bertz CT molecular complexity index is 1100. The summed E-state index contributed by atoms with van der Waals surface area (Å²) in [5.74, 6) is 0.00427. The van der Waals surface area contributed by atoms with Gasteiger partial charge >= 0.3 is 0 Å². The largest absolute Gasteiger partial charge is 0.494 e. The molecule has 0 saturated carbocycles. The molecule has 1 amide bonds. The number of rotatable bonds is 5. The summed E-state index contributed by atoms with van der Waals surface area (Å²) in [5.41, 5.74) is 2.94. The summed E-state index contributed by atoms with van der Waals surface area (Å²) in [7, 11) is 1.41. The van der Waals surface area contributed by atoms with Crippen molar-refractivity contribution in [2.45, 2.75) is 39.2 Å². The molecule has 0 fully saturated rings. The molecule has 1 aliphatic carbocycles. The molecule has 1 atom stereocenters. The van der Waals surface area contributed by atoms with Crippen LogP contribution in [0.1, 0.15) is 43.1 Å². The molecule has 3 aromatic rings. The van der Waals surface area contributed by atoms with Crippen molar-refractivity contribution in [1.29, 1.82) is 0 Å². The number of aromatic nitrogens is 4.